The van der Waals surface area contributed by atoms with E-state index in [1.165, 1.54) is 11.3 Å². The molecule has 2 rings (SSSR count). The molecule has 1 aromatic carbocycles. The van der Waals surface area contributed by atoms with Gasteiger partial charge in [-0.15, -0.1) is 11.3 Å². The van der Waals surface area contributed by atoms with E-state index < -0.39 is 0 Å². The predicted octanol–water partition coefficient (Wildman–Crippen LogP) is 4.46. The number of thiophene rings is 1. The first-order chi connectivity index (χ1) is 12.8. The van der Waals surface area contributed by atoms with Crippen LogP contribution in [0.15, 0.2) is 35.7 Å². The van der Waals surface area contributed by atoms with Gasteiger partial charge in [0.05, 0.1) is 4.88 Å². The first kappa shape index (κ1) is 21.0. The molecule has 1 heterocycles. The fourth-order valence-corrected chi connectivity index (χ4v) is 3.57. The molecule has 6 heteroatoms. The fraction of sp³-hybridized carbons (Fsp3) is 0.429. The first-order valence-electron chi connectivity index (χ1n) is 9.24. The maximum absolute atomic E-state index is 12.4. The van der Waals surface area contributed by atoms with Crippen LogP contribution in [0.1, 0.15) is 42.4 Å². The summed E-state index contributed by atoms with van der Waals surface area (Å²) >= 11 is 1.41. The van der Waals surface area contributed by atoms with Gasteiger partial charge in [-0.2, -0.15) is 0 Å². The lowest BCUT2D eigenvalue weighted by molar-refractivity contribution is -0.132. The van der Waals surface area contributed by atoms with Crippen molar-refractivity contribution in [3.63, 3.8) is 0 Å². The first-order valence-corrected chi connectivity index (χ1v) is 10.1. The topological polar surface area (TPSA) is 52.7 Å². The molecule has 0 saturated heterocycles. The van der Waals surface area contributed by atoms with Crippen LogP contribution in [-0.2, 0) is 11.3 Å². The van der Waals surface area contributed by atoms with Crippen LogP contribution in [0.5, 0.6) is 0 Å². The second-order valence-corrected chi connectivity index (χ2v) is 8.14. The number of benzene rings is 1. The number of rotatable bonds is 8. The van der Waals surface area contributed by atoms with Crippen LogP contribution < -0.4 is 10.2 Å². The van der Waals surface area contributed by atoms with E-state index in [0.29, 0.717) is 30.3 Å². The minimum absolute atomic E-state index is 0.114. The van der Waals surface area contributed by atoms with Crippen molar-refractivity contribution in [3.8, 4) is 0 Å². The van der Waals surface area contributed by atoms with Crippen LogP contribution in [-0.4, -0.2) is 37.4 Å². The average Bonchev–Trinajstić information content (AvgIpc) is 3.14. The monoisotopic (exact) mass is 387 g/mol. The smallest absolute Gasteiger partial charge is 0.265 e. The summed E-state index contributed by atoms with van der Waals surface area (Å²) < 4.78 is 0. The molecule has 1 aromatic heterocycles. The molecule has 146 valence electrons. The van der Waals surface area contributed by atoms with Crippen LogP contribution >= 0.6 is 11.3 Å². The van der Waals surface area contributed by atoms with E-state index in [1.54, 1.807) is 6.07 Å². The predicted molar refractivity (Wildman–Crippen MR) is 114 cm³/mol. The molecule has 27 heavy (non-hydrogen) atoms. The quantitative estimate of drug-likeness (QED) is 0.727. The maximum atomic E-state index is 12.4. The van der Waals surface area contributed by atoms with Crippen LogP contribution in [0, 0.1) is 5.92 Å². The zero-order valence-corrected chi connectivity index (χ0v) is 17.6. The van der Waals surface area contributed by atoms with Crippen molar-refractivity contribution < 1.29 is 9.59 Å². The summed E-state index contributed by atoms with van der Waals surface area (Å²) in [5.74, 6) is 0.420. The molecule has 1 N–H and O–H groups in total. The van der Waals surface area contributed by atoms with Gasteiger partial charge >= 0.3 is 0 Å². The average molecular weight is 388 g/mol. The van der Waals surface area contributed by atoms with Crippen LogP contribution in [0.4, 0.5) is 11.4 Å². The molecule has 0 radical (unpaired) electrons. The number of anilines is 2. The minimum atomic E-state index is -0.114. The lowest BCUT2D eigenvalue weighted by atomic mass is 10.1. The number of nitrogens with one attached hydrogen (secondary N) is 1. The Hall–Kier alpha value is -2.34. The van der Waals surface area contributed by atoms with Crippen molar-refractivity contribution in [3.05, 3.63) is 46.2 Å². The highest BCUT2D eigenvalue weighted by molar-refractivity contribution is 7.12. The van der Waals surface area contributed by atoms with Crippen molar-refractivity contribution in [2.24, 2.45) is 5.92 Å². The highest BCUT2D eigenvalue weighted by Crippen LogP contribution is 2.26. The van der Waals surface area contributed by atoms with E-state index in [4.69, 9.17) is 0 Å². The maximum Gasteiger partial charge on any atom is 0.265 e. The molecule has 0 spiro atoms. The van der Waals surface area contributed by atoms with Gasteiger partial charge in [0.15, 0.2) is 0 Å². The van der Waals surface area contributed by atoms with Gasteiger partial charge in [-0.25, -0.2) is 0 Å². The summed E-state index contributed by atoms with van der Waals surface area (Å²) in [5.41, 5.74) is 2.80. The molecular formula is C21H29N3O2S. The van der Waals surface area contributed by atoms with Crippen LogP contribution in [0.3, 0.4) is 0 Å². The normalized spacial score (nSPS) is 10.7. The van der Waals surface area contributed by atoms with Crippen LogP contribution in [0.25, 0.3) is 0 Å². The SMILES string of the molecule is CCC(=O)N(Cc1cc(NC(=O)c2cccs2)ccc1N(C)C)CC(C)C. The molecule has 2 amide bonds. The van der Waals surface area contributed by atoms with Crippen molar-refractivity contribution in [1.29, 1.82) is 0 Å². The number of carbonyl (C=O) groups is 2. The molecule has 0 bridgehead atoms. The third-order valence-electron chi connectivity index (χ3n) is 4.17. The Kier molecular flexibility index (Phi) is 7.42. The molecule has 0 atom stereocenters. The Bertz CT molecular complexity index is 770. The summed E-state index contributed by atoms with van der Waals surface area (Å²) in [6.07, 6.45) is 0.485. The number of hydrogen-bond acceptors (Lipinski definition) is 4. The summed E-state index contributed by atoms with van der Waals surface area (Å²) in [6, 6.07) is 9.53. The van der Waals surface area contributed by atoms with Crippen LogP contribution in [0.2, 0.25) is 0 Å². The zero-order valence-electron chi connectivity index (χ0n) is 16.8. The third-order valence-corrected chi connectivity index (χ3v) is 5.03. The van der Waals surface area contributed by atoms with Gasteiger partial charge in [0.2, 0.25) is 5.91 Å². The van der Waals surface area contributed by atoms with Gasteiger partial charge in [0.1, 0.15) is 0 Å². The molecule has 0 saturated carbocycles. The molecule has 5 nitrogen and oxygen atoms in total. The van der Waals surface area contributed by atoms with E-state index in [9.17, 15) is 9.59 Å². The largest absolute Gasteiger partial charge is 0.377 e. The molecule has 0 aliphatic rings. The van der Waals surface area contributed by atoms with Gasteiger partial charge in [-0.1, -0.05) is 26.8 Å². The standard InChI is InChI=1S/C21H29N3O2S/c1-6-20(25)24(13-15(2)3)14-16-12-17(9-10-18(16)23(4)5)22-21(26)19-8-7-11-27-19/h7-12,15H,6,13-14H2,1-5H3,(H,22,26). The summed E-state index contributed by atoms with van der Waals surface area (Å²) in [7, 11) is 3.97. The Morgan fingerprint density at radius 3 is 2.48 bits per heavy atom. The molecule has 0 aliphatic heterocycles. The van der Waals surface area contributed by atoms with E-state index >= 15 is 0 Å². The highest BCUT2D eigenvalue weighted by atomic mass is 32.1. The number of amides is 2. The lowest BCUT2D eigenvalue weighted by Crippen LogP contribution is -2.33. The van der Waals surface area contributed by atoms with Crippen molar-refractivity contribution in [2.45, 2.75) is 33.7 Å². The molecule has 2 aromatic rings. The third kappa shape index (κ3) is 5.82. The number of hydrogen-bond donors (Lipinski definition) is 1. The second-order valence-electron chi connectivity index (χ2n) is 7.19. The van der Waals surface area contributed by atoms with Gasteiger partial charge < -0.3 is 15.1 Å². The summed E-state index contributed by atoms with van der Waals surface area (Å²) in [4.78, 5) is 29.4. The molecule has 0 unspecified atom stereocenters. The lowest BCUT2D eigenvalue weighted by Gasteiger charge is -2.27. The van der Waals surface area contributed by atoms with Crippen molar-refractivity contribution >= 4 is 34.5 Å². The summed E-state index contributed by atoms with van der Waals surface area (Å²) in [5, 5.41) is 4.84. The Morgan fingerprint density at radius 2 is 1.93 bits per heavy atom. The van der Waals surface area contributed by atoms with Gasteiger partial charge in [-0.3, -0.25) is 9.59 Å². The molecule has 0 fully saturated rings. The molecule has 0 aliphatic carbocycles. The molecular weight excluding hydrogens is 358 g/mol. The van der Waals surface area contributed by atoms with Gasteiger partial charge in [0.25, 0.3) is 5.91 Å². The zero-order chi connectivity index (χ0) is 20.0. The van der Waals surface area contributed by atoms with E-state index in [-0.39, 0.29) is 11.8 Å². The Labute approximate surface area is 166 Å². The minimum Gasteiger partial charge on any atom is -0.377 e. The van der Waals surface area contributed by atoms with Crippen molar-refractivity contribution in [1.82, 2.24) is 4.90 Å². The van der Waals surface area contributed by atoms with E-state index in [0.717, 1.165) is 16.9 Å². The number of carbonyl (C=O) groups excluding carboxylic acids is 2. The fourth-order valence-electron chi connectivity index (χ4n) is 2.95. The summed E-state index contributed by atoms with van der Waals surface area (Å²) in [6.45, 7) is 7.35. The highest BCUT2D eigenvalue weighted by Gasteiger charge is 2.17. The number of nitrogens with zero attached hydrogens (tertiary/aromatic N) is 2. The van der Waals surface area contributed by atoms with Gasteiger partial charge in [0, 0.05) is 45.0 Å². The van der Waals surface area contributed by atoms with E-state index in [2.05, 4.69) is 19.2 Å². The van der Waals surface area contributed by atoms with Gasteiger partial charge in [-0.05, 0) is 41.1 Å². The second kappa shape index (κ2) is 9.55. The Morgan fingerprint density at radius 1 is 1.19 bits per heavy atom. The van der Waals surface area contributed by atoms with E-state index in [1.807, 2.05) is 60.5 Å². The van der Waals surface area contributed by atoms with Crippen molar-refractivity contribution in [2.75, 3.05) is 30.9 Å². The Balaban J connectivity index is 2.28.